The van der Waals surface area contributed by atoms with Crippen molar-refractivity contribution < 1.29 is 0 Å². The second-order valence-electron chi connectivity index (χ2n) is 13.6. The molecule has 0 aliphatic heterocycles. The van der Waals surface area contributed by atoms with Gasteiger partial charge in [0.05, 0.1) is 33.2 Å². The molecule has 0 amide bonds. The lowest BCUT2D eigenvalue weighted by Crippen LogP contribution is -1.99. The van der Waals surface area contributed by atoms with Crippen molar-refractivity contribution in [1.29, 1.82) is 10.5 Å². The van der Waals surface area contributed by atoms with Crippen molar-refractivity contribution in [3.8, 4) is 56.9 Å². The highest BCUT2D eigenvalue weighted by atomic mass is 15.0. The Bertz CT molecular complexity index is 3060. The third-order valence-electron chi connectivity index (χ3n) is 10.6. The third kappa shape index (κ3) is 4.83. The van der Waals surface area contributed by atoms with E-state index in [0.29, 0.717) is 11.1 Å². The first-order valence-electron chi connectivity index (χ1n) is 18.0. The fourth-order valence-corrected chi connectivity index (χ4v) is 8.23. The molecule has 0 bridgehead atoms. The Morgan fingerprint density at radius 2 is 0.796 bits per heavy atom. The zero-order valence-electron chi connectivity index (χ0n) is 29.1. The fourth-order valence-electron chi connectivity index (χ4n) is 8.23. The van der Waals surface area contributed by atoms with Gasteiger partial charge in [-0.3, -0.25) is 0 Å². The van der Waals surface area contributed by atoms with Crippen LogP contribution < -0.4 is 0 Å². The first kappa shape index (κ1) is 31.1. The fraction of sp³-hybridized carbons (Fsp3) is 0. The summed E-state index contributed by atoms with van der Waals surface area (Å²) in [7, 11) is 0. The molecule has 10 aromatic rings. The molecular weight excluding hydrogens is 657 g/mol. The van der Waals surface area contributed by atoms with E-state index in [-0.39, 0.29) is 0 Å². The van der Waals surface area contributed by atoms with Gasteiger partial charge in [-0.1, -0.05) is 121 Å². The first-order valence-corrected chi connectivity index (χ1v) is 18.0. The minimum absolute atomic E-state index is 0.360. The van der Waals surface area contributed by atoms with Crippen LogP contribution in [0.25, 0.3) is 88.4 Å². The SMILES string of the molecule is N#Cc1ccc(-c2c(-c3ccccc3)cc(-n3c4ccccc4c4cc(-n5c6ccccc6c6ccccc65)ccc43)cc2-c2ccccc2)cc1C#N. The summed E-state index contributed by atoms with van der Waals surface area (Å²) in [4.78, 5) is 0. The van der Waals surface area contributed by atoms with E-state index in [2.05, 4.69) is 173 Å². The van der Waals surface area contributed by atoms with Gasteiger partial charge in [0.1, 0.15) is 12.1 Å². The van der Waals surface area contributed by atoms with Gasteiger partial charge in [-0.15, -0.1) is 0 Å². The lowest BCUT2D eigenvalue weighted by atomic mass is 9.86. The van der Waals surface area contributed by atoms with Crippen LogP contribution in [0.1, 0.15) is 11.1 Å². The van der Waals surface area contributed by atoms with Gasteiger partial charge < -0.3 is 9.13 Å². The predicted molar refractivity (Wildman–Crippen MR) is 221 cm³/mol. The van der Waals surface area contributed by atoms with Crippen molar-refractivity contribution in [3.63, 3.8) is 0 Å². The maximum absolute atomic E-state index is 10.0. The summed E-state index contributed by atoms with van der Waals surface area (Å²) in [6, 6.07) is 68.1. The van der Waals surface area contributed by atoms with Gasteiger partial charge in [0.2, 0.25) is 0 Å². The number of hydrogen-bond acceptors (Lipinski definition) is 2. The summed E-state index contributed by atoms with van der Waals surface area (Å²) < 4.78 is 4.75. The molecule has 2 heterocycles. The van der Waals surface area contributed by atoms with Crippen LogP contribution in [0, 0.1) is 22.7 Å². The lowest BCUT2D eigenvalue weighted by Gasteiger charge is -2.20. The van der Waals surface area contributed by atoms with Crippen molar-refractivity contribution in [2.75, 3.05) is 0 Å². The number of benzene rings is 8. The number of fused-ring (bicyclic) bond motifs is 6. The van der Waals surface area contributed by atoms with Crippen molar-refractivity contribution in [2.24, 2.45) is 0 Å². The van der Waals surface area contributed by atoms with Gasteiger partial charge >= 0.3 is 0 Å². The number of hydrogen-bond donors (Lipinski definition) is 0. The van der Waals surface area contributed by atoms with E-state index < -0.39 is 0 Å². The van der Waals surface area contributed by atoms with E-state index in [1.165, 1.54) is 32.6 Å². The van der Waals surface area contributed by atoms with Crippen molar-refractivity contribution in [2.45, 2.75) is 0 Å². The Morgan fingerprint density at radius 1 is 0.333 bits per heavy atom. The topological polar surface area (TPSA) is 57.4 Å². The third-order valence-corrected chi connectivity index (χ3v) is 10.6. The van der Waals surface area contributed by atoms with Gasteiger partial charge in [0, 0.05) is 32.9 Å². The van der Waals surface area contributed by atoms with E-state index in [0.717, 1.165) is 55.8 Å². The molecule has 0 saturated heterocycles. The summed E-state index contributed by atoms with van der Waals surface area (Å²) in [6.45, 7) is 0. The van der Waals surface area contributed by atoms with E-state index in [4.69, 9.17) is 0 Å². The normalized spacial score (nSPS) is 11.3. The summed E-state index contributed by atoms with van der Waals surface area (Å²) in [5.41, 5.74) is 13.5. The maximum atomic E-state index is 10.0. The van der Waals surface area contributed by atoms with E-state index >= 15 is 0 Å². The quantitative estimate of drug-likeness (QED) is 0.181. The summed E-state index contributed by atoms with van der Waals surface area (Å²) in [5, 5.41) is 24.6. The minimum Gasteiger partial charge on any atom is -0.309 e. The second-order valence-corrected chi connectivity index (χ2v) is 13.6. The summed E-state index contributed by atoms with van der Waals surface area (Å²) >= 11 is 0. The molecule has 0 saturated carbocycles. The van der Waals surface area contributed by atoms with E-state index in [1.54, 1.807) is 6.07 Å². The van der Waals surface area contributed by atoms with Crippen LogP contribution in [0.2, 0.25) is 0 Å². The maximum Gasteiger partial charge on any atom is 0.101 e. The molecule has 0 fully saturated rings. The Morgan fingerprint density at radius 3 is 1.33 bits per heavy atom. The number of nitrogens with zero attached hydrogens (tertiary/aromatic N) is 4. The van der Waals surface area contributed by atoms with Crippen LogP contribution in [0.15, 0.2) is 182 Å². The van der Waals surface area contributed by atoms with Crippen LogP contribution in [0.5, 0.6) is 0 Å². The van der Waals surface area contributed by atoms with Crippen LogP contribution in [-0.4, -0.2) is 9.13 Å². The summed E-state index contributed by atoms with van der Waals surface area (Å²) in [6.07, 6.45) is 0. The Hall–Kier alpha value is -7.66. The molecule has 0 aliphatic carbocycles. The molecule has 0 unspecified atom stereocenters. The molecule has 54 heavy (non-hydrogen) atoms. The highest BCUT2D eigenvalue weighted by molar-refractivity contribution is 6.12. The second kappa shape index (κ2) is 12.5. The largest absolute Gasteiger partial charge is 0.309 e. The smallest absolute Gasteiger partial charge is 0.101 e. The Labute approximate surface area is 312 Å². The highest BCUT2D eigenvalue weighted by Gasteiger charge is 2.21. The number of nitriles is 2. The van der Waals surface area contributed by atoms with Crippen molar-refractivity contribution in [1.82, 2.24) is 9.13 Å². The van der Waals surface area contributed by atoms with Gasteiger partial charge in [0.25, 0.3) is 0 Å². The zero-order chi connectivity index (χ0) is 36.2. The average Bonchev–Trinajstić information content (AvgIpc) is 3.76. The van der Waals surface area contributed by atoms with E-state index in [1.807, 2.05) is 24.3 Å². The molecule has 2 aromatic heterocycles. The molecule has 4 nitrogen and oxygen atoms in total. The van der Waals surface area contributed by atoms with Crippen molar-refractivity contribution in [3.05, 3.63) is 193 Å². The number of rotatable bonds is 5. The predicted octanol–water partition coefficient (Wildman–Crippen LogP) is 12.6. The molecule has 0 aliphatic rings. The molecule has 10 rings (SSSR count). The summed E-state index contributed by atoms with van der Waals surface area (Å²) in [5.74, 6) is 0. The molecule has 0 spiro atoms. The first-order chi connectivity index (χ1) is 26.7. The van der Waals surface area contributed by atoms with Crippen molar-refractivity contribution >= 4 is 43.6 Å². The Balaban J connectivity index is 1.28. The van der Waals surface area contributed by atoms with Gasteiger partial charge in [0.15, 0.2) is 0 Å². The number of aromatic nitrogens is 2. The average molecular weight is 687 g/mol. The zero-order valence-corrected chi connectivity index (χ0v) is 29.1. The highest BCUT2D eigenvalue weighted by Crippen LogP contribution is 2.44. The molecule has 4 heteroatoms. The Kier molecular flexibility index (Phi) is 7.22. The number of para-hydroxylation sites is 3. The molecular formula is C50H30N4. The van der Waals surface area contributed by atoms with Crippen LogP contribution in [0.4, 0.5) is 0 Å². The van der Waals surface area contributed by atoms with E-state index in [9.17, 15) is 10.5 Å². The van der Waals surface area contributed by atoms with Gasteiger partial charge in [-0.05, 0) is 94.0 Å². The van der Waals surface area contributed by atoms with Crippen LogP contribution in [-0.2, 0) is 0 Å². The van der Waals surface area contributed by atoms with Gasteiger partial charge in [-0.2, -0.15) is 10.5 Å². The van der Waals surface area contributed by atoms with Gasteiger partial charge in [-0.25, -0.2) is 0 Å². The molecule has 250 valence electrons. The molecule has 0 radical (unpaired) electrons. The van der Waals surface area contributed by atoms with Crippen LogP contribution in [0.3, 0.4) is 0 Å². The molecule has 8 aromatic carbocycles. The monoisotopic (exact) mass is 686 g/mol. The standard InChI is InChI=1S/C50H30N4/c51-31-36-24-23-35(27-37(36)32-52)50-43(33-13-3-1-4-14-33)29-39(30-44(50)34-15-5-2-6-16-34)54-48-22-12-9-19-42(48)45-28-38(25-26-49(45)54)53-46-20-10-7-17-40(46)41-18-8-11-21-47(41)53/h1-30H. The lowest BCUT2D eigenvalue weighted by molar-refractivity contribution is 1.17. The minimum atomic E-state index is 0.360. The molecule has 0 N–H and O–H groups in total. The van der Waals surface area contributed by atoms with Crippen LogP contribution >= 0.6 is 0 Å². The molecule has 0 atom stereocenters.